The van der Waals surface area contributed by atoms with Crippen molar-refractivity contribution in [3.8, 4) is 5.69 Å². The highest BCUT2D eigenvalue weighted by molar-refractivity contribution is 6.30. The number of carbonyl (C=O) groups excluding carboxylic acids is 2. The number of primary amides is 1. The zero-order valence-corrected chi connectivity index (χ0v) is 12.3. The molecule has 0 saturated carbocycles. The van der Waals surface area contributed by atoms with Crippen LogP contribution in [0.3, 0.4) is 0 Å². The standard InChI is InChI=1S/C14H14ClN3O3/c1-8-6-12(14(20)21-9(2)13(16)19)17-18(8)11-5-3-4-10(15)7-11/h3-7,9H,1-2H3,(H2,16,19)/t9-/m1/s1. The summed E-state index contributed by atoms with van der Waals surface area (Å²) in [5, 5.41) is 4.73. The lowest BCUT2D eigenvalue weighted by Crippen LogP contribution is -2.30. The van der Waals surface area contributed by atoms with Crippen molar-refractivity contribution < 1.29 is 14.3 Å². The third-order valence-electron chi connectivity index (χ3n) is 2.83. The molecule has 1 aromatic carbocycles. The molecule has 0 bridgehead atoms. The van der Waals surface area contributed by atoms with Gasteiger partial charge in [-0.15, -0.1) is 0 Å². The number of halogens is 1. The van der Waals surface area contributed by atoms with E-state index in [0.717, 1.165) is 11.4 Å². The summed E-state index contributed by atoms with van der Waals surface area (Å²) in [5.41, 5.74) is 6.60. The highest BCUT2D eigenvalue weighted by atomic mass is 35.5. The van der Waals surface area contributed by atoms with Gasteiger partial charge in [0.2, 0.25) is 0 Å². The van der Waals surface area contributed by atoms with E-state index in [-0.39, 0.29) is 5.69 Å². The number of nitrogens with zero attached hydrogens (tertiary/aromatic N) is 2. The number of aromatic nitrogens is 2. The fraction of sp³-hybridized carbons (Fsp3) is 0.214. The fourth-order valence-corrected chi connectivity index (χ4v) is 1.91. The molecule has 2 rings (SSSR count). The van der Waals surface area contributed by atoms with Crippen molar-refractivity contribution in [2.75, 3.05) is 0 Å². The maximum Gasteiger partial charge on any atom is 0.359 e. The van der Waals surface area contributed by atoms with Gasteiger partial charge >= 0.3 is 5.97 Å². The molecule has 7 heteroatoms. The molecule has 6 nitrogen and oxygen atoms in total. The van der Waals surface area contributed by atoms with Crippen LogP contribution in [0.25, 0.3) is 5.69 Å². The number of nitrogens with two attached hydrogens (primary N) is 1. The Hall–Kier alpha value is -2.34. The van der Waals surface area contributed by atoms with Crippen LogP contribution < -0.4 is 5.73 Å². The lowest BCUT2D eigenvalue weighted by Gasteiger charge is -2.07. The van der Waals surface area contributed by atoms with Crippen LogP contribution >= 0.6 is 11.6 Å². The maximum absolute atomic E-state index is 11.9. The highest BCUT2D eigenvalue weighted by Gasteiger charge is 2.19. The zero-order chi connectivity index (χ0) is 15.6. The van der Waals surface area contributed by atoms with Gasteiger partial charge in [-0.2, -0.15) is 5.10 Å². The average molecular weight is 308 g/mol. The van der Waals surface area contributed by atoms with Gasteiger partial charge in [-0.1, -0.05) is 17.7 Å². The van der Waals surface area contributed by atoms with Gasteiger partial charge in [-0.05, 0) is 38.1 Å². The predicted octanol–water partition coefficient (Wildman–Crippen LogP) is 1.86. The van der Waals surface area contributed by atoms with E-state index in [0.29, 0.717) is 5.02 Å². The van der Waals surface area contributed by atoms with Gasteiger partial charge < -0.3 is 10.5 Å². The van der Waals surface area contributed by atoms with Crippen molar-refractivity contribution in [1.29, 1.82) is 0 Å². The minimum atomic E-state index is -1.01. The molecule has 0 radical (unpaired) electrons. The van der Waals surface area contributed by atoms with Crippen LogP contribution in [0.5, 0.6) is 0 Å². The normalized spacial score (nSPS) is 12.0. The first-order chi connectivity index (χ1) is 9.88. The molecule has 0 aliphatic carbocycles. The first kappa shape index (κ1) is 15.1. The van der Waals surface area contributed by atoms with Crippen molar-refractivity contribution in [2.24, 2.45) is 5.73 Å². The SMILES string of the molecule is Cc1cc(C(=O)O[C@H](C)C(N)=O)nn1-c1cccc(Cl)c1. The van der Waals surface area contributed by atoms with Crippen LogP contribution in [0.2, 0.25) is 5.02 Å². The highest BCUT2D eigenvalue weighted by Crippen LogP contribution is 2.17. The quantitative estimate of drug-likeness (QED) is 0.873. The molecule has 0 fully saturated rings. The minimum absolute atomic E-state index is 0.0978. The van der Waals surface area contributed by atoms with E-state index < -0.39 is 18.0 Å². The molecule has 110 valence electrons. The summed E-state index contributed by atoms with van der Waals surface area (Å²) in [6, 6.07) is 8.63. The number of carbonyl (C=O) groups is 2. The van der Waals surface area contributed by atoms with E-state index in [9.17, 15) is 9.59 Å². The smallest absolute Gasteiger partial charge is 0.359 e. The Bertz CT molecular complexity index is 697. The zero-order valence-electron chi connectivity index (χ0n) is 11.5. The Morgan fingerprint density at radius 3 is 2.71 bits per heavy atom. The second-order valence-corrected chi connectivity index (χ2v) is 4.95. The number of esters is 1. The van der Waals surface area contributed by atoms with Gasteiger partial charge in [0, 0.05) is 10.7 Å². The molecule has 0 aliphatic rings. The third-order valence-corrected chi connectivity index (χ3v) is 3.07. The predicted molar refractivity (Wildman–Crippen MR) is 77.4 cm³/mol. The van der Waals surface area contributed by atoms with Gasteiger partial charge in [-0.25, -0.2) is 9.48 Å². The molecule has 2 aromatic rings. The fourth-order valence-electron chi connectivity index (χ4n) is 1.72. The Balaban J connectivity index is 2.27. The summed E-state index contributed by atoms with van der Waals surface area (Å²) in [7, 11) is 0. The van der Waals surface area contributed by atoms with Gasteiger partial charge in [-0.3, -0.25) is 4.79 Å². The number of aryl methyl sites for hydroxylation is 1. The summed E-state index contributed by atoms with van der Waals surface area (Å²) in [4.78, 5) is 22.8. The van der Waals surface area contributed by atoms with Crippen LogP contribution in [-0.2, 0) is 9.53 Å². The molecule has 0 unspecified atom stereocenters. The van der Waals surface area contributed by atoms with Gasteiger partial charge in [0.1, 0.15) is 0 Å². The van der Waals surface area contributed by atoms with E-state index >= 15 is 0 Å². The number of amides is 1. The van der Waals surface area contributed by atoms with E-state index in [1.165, 1.54) is 6.92 Å². The monoisotopic (exact) mass is 307 g/mol. The van der Waals surface area contributed by atoms with E-state index in [4.69, 9.17) is 22.1 Å². The van der Waals surface area contributed by atoms with Crippen molar-refractivity contribution >= 4 is 23.5 Å². The number of ether oxygens (including phenoxy) is 1. The summed E-state index contributed by atoms with van der Waals surface area (Å²) in [6.45, 7) is 3.20. The summed E-state index contributed by atoms with van der Waals surface area (Å²) in [5.74, 6) is -1.42. The van der Waals surface area contributed by atoms with Crippen LogP contribution in [0, 0.1) is 6.92 Å². The van der Waals surface area contributed by atoms with Crippen LogP contribution in [-0.4, -0.2) is 27.8 Å². The molecule has 0 aliphatic heterocycles. The first-order valence-electron chi connectivity index (χ1n) is 6.21. The largest absolute Gasteiger partial charge is 0.448 e. The maximum atomic E-state index is 11.9. The average Bonchev–Trinajstić information content (AvgIpc) is 2.80. The summed E-state index contributed by atoms with van der Waals surface area (Å²) in [6.07, 6.45) is -1.01. The number of hydrogen-bond acceptors (Lipinski definition) is 4. The van der Waals surface area contributed by atoms with E-state index in [2.05, 4.69) is 5.10 Å². The topological polar surface area (TPSA) is 87.2 Å². The molecule has 1 aromatic heterocycles. The molecular formula is C14H14ClN3O3. The molecule has 1 amide bonds. The first-order valence-corrected chi connectivity index (χ1v) is 6.59. The lowest BCUT2D eigenvalue weighted by atomic mass is 10.3. The second-order valence-electron chi connectivity index (χ2n) is 4.51. The number of hydrogen-bond donors (Lipinski definition) is 1. The molecule has 1 heterocycles. The van der Waals surface area contributed by atoms with Gasteiger partial charge in [0.15, 0.2) is 11.8 Å². The van der Waals surface area contributed by atoms with Crippen molar-refractivity contribution in [1.82, 2.24) is 9.78 Å². The number of rotatable bonds is 4. The Kier molecular flexibility index (Phi) is 4.28. The molecule has 1 atom stereocenters. The van der Waals surface area contributed by atoms with E-state index in [1.807, 2.05) is 6.07 Å². The Morgan fingerprint density at radius 1 is 1.38 bits per heavy atom. The third kappa shape index (κ3) is 3.41. The summed E-state index contributed by atoms with van der Waals surface area (Å²) < 4.78 is 6.48. The molecular weight excluding hydrogens is 294 g/mol. The number of benzene rings is 1. The second kappa shape index (κ2) is 5.97. The van der Waals surface area contributed by atoms with Crippen molar-refractivity contribution in [3.63, 3.8) is 0 Å². The summed E-state index contributed by atoms with van der Waals surface area (Å²) >= 11 is 5.94. The van der Waals surface area contributed by atoms with Crippen LogP contribution in [0.4, 0.5) is 0 Å². The van der Waals surface area contributed by atoms with Gasteiger partial charge in [0.05, 0.1) is 5.69 Å². The van der Waals surface area contributed by atoms with E-state index in [1.54, 1.807) is 35.9 Å². The Morgan fingerprint density at radius 2 is 2.10 bits per heavy atom. The van der Waals surface area contributed by atoms with Crippen LogP contribution in [0.15, 0.2) is 30.3 Å². The molecule has 21 heavy (non-hydrogen) atoms. The van der Waals surface area contributed by atoms with Gasteiger partial charge in [0.25, 0.3) is 5.91 Å². The molecule has 0 saturated heterocycles. The lowest BCUT2D eigenvalue weighted by molar-refractivity contribution is -0.125. The van der Waals surface area contributed by atoms with Crippen molar-refractivity contribution in [2.45, 2.75) is 20.0 Å². The Labute approximate surface area is 126 Å². The van der Waals surface area contributed by atoms with Crippen LogP contribution in [0.1, 0.15) is 23.1 Å². The molecule has 2 N–H and O–H groups in total. The van der Waals surface area contributed by atoms with Crippen molar-refractivity contribution in [3.05, 3.63) is 46.7 Å². The minimum Gasteiger partial charge on any atom is -0.448 e. The molecule has 0 spiro atoms.